The largest absolute Gasteiger partial charge is 0.468 e. The van der Waals surface area contributed by atoms with Gasteiger partial charge in [0.2, 0.25) is 10.0 Å². The number of nitrogens with zero attached hydrogens (tertiary/aromatic N) is 1. The molecule has 0 bridgehead atoms. The topological polar surface area (TPSA) is 89.7 Å². The molecule has 0 aliphatic heterocycles. The van der Waals surface area contributed by atoms with E-state index in [-0.39, 0.29) is 17.3 Å². The van der Waals surface area contributed by atoms with Crippen LogP contribution < -0.4 is 5.73 Å². The van der Waals surface area contributed by atoms with Gasteiger partial charge in [-0.05, 0) is 12.1 Å². The van der Waals surface area contributed by atoms with Gasteiger partial charge in [-0.2, -0.15) is 4.31 Å². The number of carbonyl (C=O) groups is 1. The number of likely N-dealkylation sites (N-methyl/N-ethyl adjacent to an activating group) is 1. The van der Waals surface area contributed by atoms with Gasteiger partial charge in [0.15, 0.2) is 5.82 Å². The maximum atomic E-state index is 13.9. The van der Waals surface area contributed by atoms with E-state index >= 15 is 0 Å². The molecular formula is C11H14ClFN2O4S. The number of hydrogen-bond donors (Lipinski definition) is 1. The number of nitrogen functional groups attached to an aromatic ring is 1. The Morgan fingerprint density at radius 2 is 2.10 bits per heavy atom. The molecular weight excluding hydrogens is 311 g/mol. The first-order chi connectivity index (χ1) is 9.23. The molecule has 0 aliphatic rings. The van der Waals surface area contributed by atoms with E-state index in [1.54, 1.807) is 0 Å². The highest BCUT2D eigenvalue weighted by Crippen LogP contribution is 2.27. The highest BCUT2D eigenvalue weighted by molar-refractivity contribution is 7.89. The van der Waals surface area contributed by atoms with Crippen LogP contribution >= 0.6 is 11.6 Å². The summed E-state index contributed by atoms with van der Waals surface area (Å²) in [6, 6.07) is 2.05. The minimum absolute atomic E-state index is 0.0170. The van der Waals surface area contributed by atoms with Crippen LogP contribution in [0.3, 0.4) is 0 Å². The van der Waals surface area contributed by atoms with Gasteiger partial charge in [0.25, 0.3) is 0 Å². The van der Waals surface area contributed by atoms with Crippen molar-refractivity contribution in [2.75, 3.05) is 25.9 Å². The zero-order chi connectivity index (χ0) is 15.5. The second-order valence-electron chi connectivity index (χ2n) is 3.81. The predicted molar refractivity (Wildman–Crippen MR) is 72.3 cm³/mol. The average molecular weight is 325 g/mol. The smallest absolute Gasteiger partial charge is 0.321 e. The molecule has 0 heterocycles. The third-order valence-corrected chi connectivity index (χ3v) is 4.67. The van der Waals surface area contributed by atoms with Crippen molar-refractivity contribution < 1.29 is 22.3 Å². The fourth-order valence-electron chi connectivity index (χ4n) is 1.49. The van der Waals surface area contributed by atoms with E-state index in [4.69, 9.17) is 17.3 Å². The number of sulfonamides is 1. The molecule has 1 aromatic rings. The molecule has 112 valence electrons. The van der Waals surface area contributed by atoms with E-state index in [0.717, 1.165) is 23.5 Å². The molecule has 0 amide bonds. The number of carbonyl (C=O) groups excluding carboxylic acids is 1. The van der Waals surface area contributed by atoms with Gasteiger partial charge in [0.1, 0.15) is 11.4 Å². The second-order valence-corrected chi connectivity index (χ2v) is 6.16. The van der Waals surface area contributed by atoms with Crippen LogP contribution in [0, 0.1) is 5.82 Å². The van der Waals surface area contributed by atoms with E-state index in [2.05, 4.69) is 4.74 Å². The molecule has 0 saturated heterocycles. The molecule has 9 heteroatoms. The number of anilines is 1. The van der Waals surface area contributed by atoms with E-state index in [1.807, 2.05) is 0 Å². The van der Waals surface area contributed by atoms with E-state index in [9.17, 15) is 17.6 Å². The number of methoxy groups -OCH3 is 1. The summed E-state index contributed by atoms with van der Waals surface area (Å²) >= 11 is 5.69. The Hall–Kier alpha value is -1.38. The van der Waals surface area contributed by atoms with Crippen molar-refractivity contribution in [2.24, 2.45) is 0 Å². The first-order valence-corrected chi connectivity index (χ1v) is 7.37. The monoisotopic (exact) mass is 324 g/mol. The fourth-order valence-corrected chi connectivity index (χ4v) is 3.29. The van der Waals surface area contributed by atoms with Gasteiger partial charge in [-0.15, -0.1) is 0 Å². The van der Waals surface area contributed by atoms with Gasteiger partial charge in [-0.25, -0.2) is 12.8 Å². The van der Waals surface area contributed by atoms with Crippen molar-refractivity contribution in [1.82, 2.24) is 4.31 Å². The van der Waals surface area contributed by atoms with Crippen LogP contribution in [0.25, 0.3) is 0 Å². The van der Waals surface area contributed by atoms with E-state index in [1.165, 1.54) is 6.92 Å². The third kappa shape index (κ3) is 3.38. The van der Waals surface area contributed by atoms with E-state index in [0.29, 0.717) is 0 Å². The Balaban J connectivity index is 3.31. The summed E-state index contributed by atoms with van der Waals surface area (Å²) in [5.41, 5.74) is 4.97. The molecule has 20 heavy (non-hydrogen) atoms. The van der Waals surface area contributed by atoms with Gasteiger partial charge < -0.3 is 10.5 Å². The normalized spacial score (nSPS) is 11.7. The molecule has 1 rings (SSSR count). The number of hydrogen-bond acceptors (Lipinski definition) is 5. The van der Waals surface area contributed by atoms with Crippen LogP contribution in [0.5, 0.6) is 0 Å². The van der Waals surface area contributed by atoms with Crippen molar-refractivity contribution in [3.63, 3.8) is 0 Å². The summed E-state index contributed by atoms with van der Waals surface area (Å²) in [6.07, 6.45) is 0. The number of ether oxygens (including phenoxy) is 1. The van der Waals surface area contributed by atoms with Crippen molar-refractivity contribution in [3.8, 4) is 0 Å². The molecule has 0 aromatic heterocycles. The Kier molecular flexibility index (Phi) is 5.32. The Labute approximate surface area is 121 Å². The van der Waals surface area contributed by atoms with Crippen LogP contribution in [0.1, 0.15) is 6.92 Å². The van der Waals surface area contributed by atoms with Gasteiger partial charge in [-0.3, -0.25) is 4.79 Å². The maximum Gasteiger partial charge on any atom is 0.321 e. The molecule has 0 fully saturated rings. The molecule has 0 atom stereocenters. The van der Waals surface area contributed by atoms with Crippen molar-refractivity contribution in [3.05, 3.63) is 23.0 Å². The summed E-state index contributed by atoms with van der Waals surface area (Å²) in [7, 11) is -3.11. The SMILES string of the molecule is CCN(CC(=O)OC)S(=O)(=O)c1cc(Cl)cc(N)c1F. The lowest BCUT2D eigenvalue weighted by atomic mass is 10.3. The predicted octanol–water partition coefficient (Wildman–Crippen LogP) is 1.24. The first-order valence-electron chi connectivity index (χ1n) is 5.55. The van der Waals surface area contributed by atoms with Crippen LogP contribution in [0.2, 0.25) is 5.02 Å². The van der Waals surface area contributed by atoms with Crippen LogP contribution in [-0.4, -0.2) is 38.9 Å². The summed E-state index contributed by atoms with van der Waals surface area (Å²) in [4.78, 5) is 10.5. The highest BCUT2D eigenvalue weighted by atomic mass is 35.5. The molecule has 0 aliphatic carbocycles. The number of halogens is 2. The Bertz CT molecular complexity index is 621. The molecule has 6 nitrogen and oxygen atoms in total. The highest BCUT2D eigenvalue weighted by Gasteiger charge is 2.29. The van der Waals surface area contributed by atoms with Crippen LogP contribution in [0.15, 0.2) is 17.0 Å². The zero-order valence-corrected chi connectivity index (χ0v) is 12.5. The summed E-state index contributed by atoms with van der Waals surface area (Å²) in [5.74, 6) is -1.86. The Morgan fingerprint density at radius 3 is 2.60 bits per heavy atom. The second kappa shape index (κ2) is 6.38. The Morgan fingerprint density at radius 1 is 1.50 bits per heavy atom. The number of nitrogens with two attached hydrogens (primary N) is 1. The van der Waals surface area contributed by atoms with Crippen molar-refractivity contribution in [2.45, 2.75) is 11.8 Å². The van der Waals surface area contributed by atoms with Crippen LogP contribution in [0.4, 0.5) is 10.1 Å². The summed E-state index contributed by atoms with van der Waals surface area (Å²) < 4.78 is 43.7. The van der Waals surface area contributed by atoms with Gasteiger partial charge >= 0.3 is 5.97 Å². The lowest BCUT2D eigenvalue weighted by molar-refractivity contribution is -0.140. The number of rotatable bonds is 5. The van der Waals surface area contributed by atoms with Crippen molar-refractivity contribution in [1.29, 1.82) is 0 Å². The van der Waals surface area contributed by atoms with Crippen molar-refractivity contribution >= 4 is 33.3 Å². The van der Waals surface area contributed by atoms with Gasteiger partial charge in [0, 0.05) is 11.6 Å². The quantitative estimate of drug-likeness (QED) is 0.650. The minimum atomic E-state index is -4.24. The third-order valence-electron chi connectivity index (χ3n) is 2.54. The first kappa shape index (κ1) is 16.7. The molecule has 0 unspecified atom stereocenters. The van der Waals surface area contributed by atoms with Gasteiger partial charge in [-0.1, -0.05) is 18.5 Å². The molecule has 0 spiro atoms. The summed E-state index contributed by atoms with van der Waals surface area (Å²) in [5, 5.41) is -0.0170. The van der Waals surface area contributed by atoms with Gasteiger partial charge in [0.05, 0.1) is 12.8 Å². The molecule has 1 aromatic carbocycles. The summed E-state index contributed by atoms with van der Waals surface area (Å²) in [6.45, 7) is 0.941. The lowest BCUT2D eigenvalue weighted by Crippen LogP contribution is -2.36. The fraction of sp³-hybridized carbons (Fsp3) is 0.364. The average Bonchev–Trinajstić information content (AvgIpc) is 2.39. The standard InChI is InChI=1S/C11H14ClFN2O4S/c1-3-15(6-10(16)19-2)20(17,18)9-5-7(12)4-8(14)11(9)13/h4-5H,3,6,14H2,1-2H3. The lowest BCUT2D eigenvalue weighted by Gasteiger charge is -2.20. The zero-order valence-electron chi connectivity index (χ0n) is 10.9. The molecule has 0 radical (unpaired) electrons. The molecule has 0 saturated carbocycles. The molecule has 2 N–H and O–H groups in total. The van der Waals surface area contributed by atoms with E-state index < -0.39 is 33.3 Å². The van der Waals surface area contributed by atoms with Crippen LogP contribution in [-0.2, 0) is 19.6 Å². The number of benzene rings is 1. The minimum Gasteiger partial charge on any atom is -0.468 e. The number of esters is 1. The maximum absolute atomic E-state index is 13.9.